The minimum absolute atomic E-state index is 0. The summed E-state index contributed by atoms with van der Waals surface area (Å²) in [6.07, 6.45) is 0. The Morgan fingerprint density at radius 1 is 1.32 bits per heavy atom. The number of benzene rings is 1. The van der Waals surface area contributed by atoms with Gasteiger partial charge in [-0.1, -0.05) is 29.3 Å². The Labute approximate surface area is 194 Å². The summed E-state index contributed by atoms with van der Waals surface area (Å²) < 4.78 is 7.12. The van der Waals surface area contributed by atoms with Crippen LogP contribution in [0.3, 0.4) is 0 Å². The van der Waals surface area contributed by atoms with E-state index in [0.29, 0.717) is 29.2 Å². The number of nitrogens with one attached hydrogen (secondary N) is 2. The van der Waals surface area contributed by atoms with E-state index in [1.807, 2.05) is 30.7 Å². The van der Waals surface area contributed by atoms with Crippen LogP contribution < -0.4 is 10.6 Å². The average Bonchev–Trinajstić information content (AvgIpc) is 2.90. The SMILES string of the molecule is CN=C(NCc1c(C)nn(CCOC)c1C)NC(C)c1ccc(Cl)cc1Cl.I. The summed E-state index contributed by atoms with van der Waals surface area (Å²) in [5.41, 5.74) is 4.25. The third-order valence-electron chi connectivity index (χ3n) is 4.48. The topological polar surface area (TPSA) is 63.5 Å². The molecule has 1 atom stereocenters. The van der Waals surface area contributed by atoms with E-state index in [1.54, 1.807) is 20.2 Å². The minimum atomic E-state index is -0.0208. The van der Waals surface area contributed by atoms with Crippen LogP contribution in [0.2, 0.25) is 10.0 Å². The summed E-state index contributed by atoms with van der Waals surface area (Å²) in [7, 11) is 3.44. The Morgan fingerprint density at radius 3 is 2.64 bits per heavy atom. The monoisotopic (exact) mass is 539 g/mol. The Morgan fingerprint density at radius 2 is 2.04 bits per heavy atom. The van der Waals surface area contributed by atoms with Crippen LogP contribution in [0.25, 0.3) is 0 Å². The number of halogens is 3. The van der Waals surface area contributed by atoms with Gasteiger partial charge in [-0.05, 0) is 38.5 Å². The summed E-state index contributed by atoms with van der Waals surface area (Å²) in [4.78, 5) is 4.31. The van der Waals surface area contributed by atoms with Crippen LogP contribution in [0.4, 0.5) is 0 Å². The number of hydrogen-bond acceptors (Lipinski definition) is 3. The standard InChI is InChI=1S/C19H27Cl2N5O.HI/c1-12(16-7-6-15(20)10-18(16)21)24-19(22-4)23-11-17-13(2)25-26(14(17)3)8-9-27-5;/h6-7,10,12H,8-9,11H2,1-5H3,(H2,22,23,24);1H. The summed E-state index contributed by atoms with van der Waals surface area (Å²) >= 11 is 12.3. The minimum Gasteiger partial charge on any atom is -0.383 e. The molecule has 0 amide bonds. The smallest absolute Gasteiger partial charge is 0.191 e. The molecule has 9 heteroatoms. The van der Waals surface area contributed by atoms with E-state index >= 15 is 0 Å². The van der Waals surface area contributed by atoms with E-state index in [0.717, 1.165) is 29.1 Å². The van der Waals surface area contributed by atoms with E-state index in [1.165, 1.54) is 0 Å². The van der Waals surface area contributed by atoms with Crippen LogP contribution in [-0.4, -0.2) is 36.5 Å². The Balaban J connectivity index is 0.00000392. The van der Waals surface area contributed by atoms with Gasteiger partial charge in [-0.2, -0.15) is 5.10 Å². The van der Waals surface area contributed by atoms with Crippen molar-refractivity contribution in [1.29, 1.82) is 0 Å². The van der Waals surface area contributed by atoms with Crippen LogP contribution >= 0.6 is 47.2 Å². The number of rotatable bonds is 7. The van der Waals surface area contributed by atoms with Gasteiger partial charge in [-0.15, -0.1) is 24.0 Å². The van der Waals surface area contributed by atoms with Crippen molar-refractivity contribution in [2.75, 3.05) is 20.8 Å². The first-order valence-electron chi connectivity index (χ1n) is 8.81. The van der Waals surface area contributed by atoms with E-state index in [4.69, 9.17) is 27.9 Å². The molecule has 0 radical (unpaired) electrons. The number of aliphatic imine (C=N–C) groups is 1. The highest BCUT2D eigenvalue weighted by Gasteiger charge is 2.14. The molecule has 0 saturated carbocycles. The van der Waals surface area contributed by atoms with Crippen LogP contribution in [0.1, 0.15) is 35.5 Å². The Hall–Kier alpha value is -1.03. The first kappa shape index (κ1) is 25.0. The fourth-order valence-corrected chi connectivity index (χ4v) is 3.46. The van der Waals surface area contributed by atoms with Gasteiger partial charge in [0.25, 0.3) is 0 Å². The number of methoxy groups -OCH3 is 1. The second-order valence-electron chi connectivity index (χ2n) is 6.32. The second-order valence-corrected chi connectivity index (χ2v) is 7.17. The zero-order chi connectivity index (χ0) is 20.0. The molecule has 0 fully saturated rings. The molecule has 1 heterocycles. The molecule has 1 aromatic heterocycles. The molecule has 0 bridgehead atoms. The van der Waals surface area contributed by atoms with Gasteiger partial charge < -0.3 is 15.4 Å². The van der Waals surface area contributed by atoms with Gasteiger partial charge in [-0.3, -0.25) is 9.67 Å². The highest BCUT2D eigenvalue weighted by atomic mass is 127. The highest BCUT2D eigenvalue weighted by molar-refractivity contribution is 14.0. The number of aromatic nitrogens is 2. The van der Waals surface area contributed by atoms with Gasteiger partial charge in [0.1, 0.15) is 0 Å². The zero-order valence-electron chi connectivity index (χ0n) is 16.8. The van der Waals surface area contributed by atoms with Crippen molar-refractivity contribution >= 4 is 53.1 Å². The van der Waals surface area contributed by atoms with Crippen molar-refractivity contribution in [3.63, 3.8) is 0 Å². The van der Waals surface area contributed by atoms with Gasteiger partial charge in [0.05, 0.1) is 24.9 Å². The predicted molar refractivity (Wildman–Crippen MR) is 127 cm³/mol. The molecular weight excluding hydrogens is 512 g/mol. The van der Waals surface area contributed by atoms with Crippen LogP contribution in [0, 0.1) is 13.8 Å². The molecule has 2 N–H and O–H groups in total. The van der Waals surface area contributed by atoms with Gasteiger partial charge in [0.2, 0.25) is 0 Å². The highest BCUT2D eigenvalue weighted by Crippen LogP contribution is 2.26. The fourth-order valence-electron chi connectivity index (χ4n) is 2.89. The molecule has 1 aromatic carbocycles. The lowest BCUT2D eigenvalue weighted by molar-refractivity contribution is 0.182. The third-order valence-corrected chi connectivity index (χ3v) is 5.04. The Bertz CT molecular complexity index is 810. The van der Waals surface area contributed by atoms with Crippen LogP contribution in [0.5, 0.6) is 0 Å². The van der Waals surface area contributed by atoms with E-state index in [9.17, 15) is 0 Å². The normalized spacial score (nSPS) is 12.5. The lowest BCUT2D eigenvalue weighted by atomic mass is 10.1. The van der Waals surface area contributed by atoms with Crippen molar-refractivity contribution in [3.8, 4) is 0 Å². The van der Waals surface area contributed by atoms with Crippen molar-refractivity contribution in [2.45, 2.75) is 39.9 Å². The summed E-state index contributed by atoms with van der Waals surface area (Å²) in [5.74, 6) is 0.692. The van der Waals surface area contributed by atoms with Crippen molar-refractivity contribution in [2.24, 2.45) is 4.99 Å². The first-order chi connectivity index (χ1) is 12.9. The van der Waals surface area contributed by atoms with E-state index in [-0.39, 0.29) is 30.0 Å². The van der Waals surface area contributed by atoms with Gasteiger partial charge in [0, 0.05) is 42.0 Å². The summed E-state index contributed by atoms with van der Waals surface area (Å²) in [6.45, 7) is 8.12. The van der Waals surface area contributed by atoms with Crippen LogP contribution in [-0.2, 0) is 17.8 Å². The fraction of sp³-hybridized carbons (Fsp3) is 0.474. The van der Waals surface area contributed by atoms with E-state index < -0.39 is 0 Å². The number of ether oxygens (including phenoxy) is 1. The van der Waals surface area contributed by atoms with Gasteiger partial charge in [-0.25, -0.2) is 0 Å². The number of aryl methyl sites for hydroxylation is 1. The van der Waals surface area contributed by atoms with Crippen molar-refractivity contribution in [1.82, 2.24) is 20.4 Å². The first-order valence-corrected chi connectivity index (χ1v) is 9.56. The zero-order valence-corrected chi connectivity index (χ0v) is 20.7. The summed E-state index contributed by atoms with van der Waals surface area (Å²) in [5, 5.41) is 12.5. The number of hydrogen-bond donors (Lipinski definition) is 2. The molecular formula is C19H28Cl2IN5O. The van der Waals surface area contributed by atoms with E-state index in [2.05, 4.69) is 27.6 Å². The van der Waals surface area contributed by atoms with Crippen molar-refractivity contribution in [3.05, 3.63) is 50.8 Å². The van der Waals surface area contributed by atoms with Crippen molar-refractivity contribution < 1.29 is 4.74 Å². The van der Waals surface area contributed by atoms with Gasteiger partial charge >= 0.3 is 0 Å². The largest absolute Gasteiger partial charge is 0.383 e. The molecule has 6 nitrogen and oxygen atoms in total. The maximum Gasteiger partial charge on any atom is 0.191 e. The molecule has 28 heavy (non-hydrogen) atoms. The molecule has 2 rings (SSSR count). The quantitative estimate of drug-likeness (QED) is 0.309. The Kier molecular flexibility index (Phi) is 10.6. The lowest BCUT2D eigenvalue weighted by Crippen LogP contribution is -2.38. The number of nitrogens with zero attached hydrogens (tertiary/aromatic N) is 3. The molecule has 156 valence electrons. The molecule has 1 unspecified atom stereocenters. The molecule has 0 spiro atoms. The molecule has 0 aliphatic carbocycles. The second kappa shape index (κ2) is 11.8. The average molecular weight is 540 g/mol. The third kappa shape index (κ3) is 6.50. The molecule has 0 aliphatic rings. The van der Waals surface area contributed by atoms with Crippen LogP contribution in [0.15, 0.2) is 23.2 Å². The summed E-state index contributed by atoms with van der Waals surface area (Å²) in [6, 6.07) is 5.48. The van der Waals surface area contributed by atoms with Gasteiger partial charge in [0.15, 0.2) is 5.96 Å². The maximum absolute atomic E-state index is 6.30. The molecule has 2 aromatic rings. The number of guanidine groups is 1. The maximum atomic E-state index is 6.30. The molecule has 0 saturated heterocycles. The predicted octanol–water partition coefficient (Wildman–Crippen LogP) is 4.50. The lowest BCUT2D eigenvalue weighted by Gasteiger charge is -2.19. The molecule has 0 aliphatic heterocycles.